The van der Waals surface area contributed by atoms with E-state index in [9.17, 15) is 0 Å². The Hall–Kier alpha value is -4.32. The predicted octanol–water partition coefficient (Wildman–Crippen LogP) is 5.23. The van der Waals surface area contributed by atoms with Gasteiger partial charge in [0.05, 0.1) is 22.1 Å². The second-order valence-corrected chi connectivity index (χ2v) is 7.05. The van der Waals surface area contributed by atoms with Crippen LogP contribution in [0.25, 0.3) is 56.0 Å². The first-order valence-electron chi connectivity index (χ1n) is 9.65. The van der Waals surface area contributed by atoms with E-state index in [2.05, 4.69) is 32.1 Å². The van der Waals surface area contributed by atoms with Crippen molar-refractivity contribution in [3.63, 3.8) is 0 Å². The Morgan fingerprint density at radius 2 is 0.933 bits per heavy atom. The number of hydrogen-bond acceptors (Lipinski definition) is 4. The molecule has 0 bridgehead atoms. The third kappa shape index (κ3) is 2.66. The SMILES string of the molecule is c1cc(-c2cccc3[nH]c(-c4ccncc4)nc23)c2nc(-c3ccncc3)[nH]c2c1. The largest absolute Gasteiger partial charge is 0.338 e. The van der Waals surface area contributed by atoms with Gasteiger partial charge in [0.2, 0.25) is 0 Å². The number of rotatable bonds is 3. The first-order valence-corrected chi connectivity index (χ1v) is 9.65. The maximum Gasteiger partial charge on any atom is 0.138 e. The van der Waals surface area contributed by atoms with Crippen molar-refractivity contribution in [2.24, 2.45) is 0 Å². The summed E-state index contributed by atoms with van der Waals surface area (Å²) in [6, 6.07) is 20.2. The monoisotopic (exact) mass is 388 g/mol. The Labute approximate surface area is 171 Å². The molecule has 142 valence electrons. The lowest BCUT2D eigenvalue weighted by Gasteiger charge is -2.03. The highest BCUT2D eigenvalue weighted by molar-refractivity contribution is 6.02. The van der Waals surface area contributed by atoms with Crippen LogP contribution in [0.3, 0.4) is 0 Å². The van der Waals surface area contributed by atoms with Gasteiger partial charge in [-0.3, -0.25) is 9.97 Å². The molecule has 0 aliphatic heterocycles. The van der Waals surface area contributed by atoms with Crippen LogP contribution in [-0.4, -0.2) is 29.9 Å². The number of hydrogen-bond donors (Lipinski definition) is 2. The van der Waals surface area contributed by atoms with Gasteiger partial charge < -0.3 is 9.97 Å². The number of aromatic amines is 2. The molecule has 0 aliphatic rings. The fourth-order valence-electron chi connectivity index (χ4n) is 3.79. The Morgan fingerprint density at radius 1 is 0.500 bits per heavy atom. The molecule has 6 rings (SSSR count). The molecule has 2 aromatic carbocycles. The zero-order valence-corrected chi connectivity index (χ0v) is 15.9. The summed E-state index contributed by atoms with van der Waals surface area (Å²) in [4.78, 5) is 24.8. The molecule has 0 aliphatic carbocycles. The number of H-pyrrole nitrogens is 2. The number of pyridine rings is 2. The molecule has 0 spiro atoms. The topological polar surface area (TPSA) is 83.1 Å². The van der Waals surface area contributed by atoms with E-state index in [-0.39, 0.29) is 0 Å². The molecule has 0 fully saturated rings. The van der Waals surface area contributed by atoms with E-state index in [0.29, 0.717) is 0 Å². The van der Waals surface area contributed by atoms with Crippen molar-refractivity contribution in [1.29, 1.82) is 0 Å². The summed E-state index contributed by atoms with van der Waals surface area (Å²) in [6.45, 7) is 0. The fraction of sp³-hybridized carbons (Fsp3) is 0. The summed E-state index contributed by atoms with van der Waals surface area (Å²) in [5.74, 6) is 1.65. The summed E-state index contributed by atoms with van der Waals surface area (Å²) in [6.07, 6.45) is 7.09. The number of benzene rings is 2. The van der Waals surface area contributed by atoms with Crippen LogP contribution in [0.5, 0.6) is 0 Å². The van der Waals surface area contributed by atoms with Crippen molar-refractivity contribution in [1.82, 2.24) is 29.9 Å². The first-order chi connectivity index (χ1) is 14.9. The standard InChI is InChI=1S/C24H16N6/c1-3-17(21-19(5-1)27-23(29-21)15-7-11-25-12-8-15)18-4-2-6-20-22(18)30-24(28-20)16-9-13-26-14-10-16/h1-14H,(H,27,29)(H,28,30). The Balaban J connectivity index is 1.55. The van der Waals surface area contributed by atoms with Gasteiger partial charge in [0.15, 0.2) is 0 Å². The van der Waals surface area contributed by atoms with Crippen LogP contribution in [0, 0.1) is 0 Å². The van der Waals surface area contributed by atoms with Crippen LogP contribution >= 0.6 is 0 Å². The van der Waals surface area contributed by atoms with Gasteiger partial charge in [0, 0.05) is 47.0 Å². The number of aromatic nitrogens is 6. The Bertz CT molecular complexity index is 1370. The van der Waals surface area contributed by atoms with Gasteiger partial charge in [-0.05, 0) is 36.4 Å². The second kappa shape index (κ2) is 6.63. The predicted molar refractivity (Wildman–Crippen MR) is 118 cm³/mol. The Kier molecular flexibility index (Phi) is 3.67. The molecule has 0 amide bonds. The van der Waals surface area contributed by atoms with E-state index in [4.69, 9.17) is 9.97 Å². The molecule has 4 heterocycles. The minimum atomic E-state index is 0.825. The fourth-order valence-corrected chi connectivity index (χ4v) is 3.79. The van der Waals surface area contributed by atoms with Gasteiger partial charge >= 0.3 is 0 Å². The summed E-state index contributed by atoms with van der Waals surface area (Å²) in [5.41, 5.74) is 7.91. The van der Waals surface area contributed by atoms with Gasteiger partial charge in [-0.15, -0.1) is 0 Å². The van der Waals surface area contributed by atoms with Crippen LogP contribution in [0.15, 0.2) is 85.5 Å². The molecular weight excluding hydrogens is 372 g/mol. The molecule has 0 saturated heterocycles. The van der Waals surface area contributed by atoms with Gasteiger partial charge in [-0.25, -0.2) is 9.97 Å². The molecule has 0 saturated carbocycles. The van der Waals surface area contributed by atoms with E-state index in [1.54, 1.807) is 24.8 Å². The molecule has 0 atom stereocenters. The van der Waals surface area contributed by atoms with E-state index < -0.39 is 0 Å². The maximum atomic E-state index is 4.90. The summed E-state index contributed by atoms with van der Waals surface area (Å²) >= 11 is 0. The van der Waals surface area contributed by atoms with E-state index >= 15 is 0 Å². The minimum Gasteiger partial charge on any atom is -0.338 e. The van der Waals surface area contributed by atoms with E-state index in [1.807, 2.05) is 48.5 Å². The van der Waals surface area contributed by atoms with Gasteiger partial charge in [-0.2, -0.15) is 0 Å². The van der Waals surface area contributed by atoms with Gasteiger partial charge in [0.25, 0.3) is 0 Å². The molecule has 4 aromatic heterocycles. The number of para-hydroxylation sites is 2. The van der Waals surface area contributed by atoms with Crippen molar-refractivity contribution in [3.8, 4) is 33.9 Å². The number of nitrogens with zero attached hydrogens (tertiary/aromatic N) is 4. The van der Waals surface area contributed by atoms with Crippen LogP contribution in [-0.2, 0) is 0 Å². The molecule has 0 radical (unpaired) electrons. The number of nitrogens with one attached hydrogen (secondary N) is 2. The highest BCUT2D eigenvalue weighted by Gasteiger charge is 2.15. The minimum absolute atomic E-state index is 0.825. The molecule has 6 aromatic rings. The molecule has 6 nitrogen and oxygen atoms in total. The van der Waals surface area contributed by atoms with Crippen LogP contribution in [0.2, 0.25) is 0 Å². The zero-order valence-electron chi connectivity index (χ0n) is 15.9. The molecular formula is C24H16N6. The third-order valence-electron chi connectivity index (χ3n) is 5.22. The smallest absolute Gasteiger partial charge is 0.138 e. The zero-order chi connectivity index (χ0) is 19.9. The molecule has 0 unspecified atom stereocenters. The lowest BCUT2D eigenvalue weighted by atomic mass is 10.0. The summed E-state index contributed by atoms with van der Waals surface area (Å²) in [7, 11) is 0. The Morgan fingerprint density at radius 3 is 1.37 bits per heavy atom. The van der Waals surface area contributed by atoms with Crippen molar-refractivity contribution < 1.29 is 0 Å². The average molecular weight is 388 g/mol. The normalized spacial score (nSPS) is 11.3. The lowest BCUT2D eigenvalue weighted by Crippen LogP contribution is -1.84. The average Bonchev–Trinajstić information content (AvgIpc) is 3.44. The lowest BCUT2D eigenvalue weighted by molar-refractivity contribution is 1.28. The number of imidazole rings is 2. The van der Waals surface area contributed by atoms with E-state index in [1.165, 1.54) is 0 Å². The van der Waals surface area contributed by atoms with Crippen molar-refractivity contribution in [2.45, 2.75) is 0 Å². The highest BCUT2D eigenvalue weighted by Crippen LogP contribution is 2.34. The van der Waals surface area contributed by atoms with Crippen LogP contribution < -0.4 is 0 Å². The molecule has 6 heteroatoms. The van der Waals surface area contributed by atoms with E-state index in [0.717, 1.165) is 56.0 Å². The second-order valence-electron chi connectivity index (χ2n) is 7.05. The summed E-state index contributed by atoms with van der Waals surface area (Å²) < 4.78 is 0. The van der Waals surface area contributed by atoms with Crippen molar-refractivity contribution in [3.05, 3.63) is 85.5 Å². The molecule has 2 N–H and O–H groups in total. The van der Waals surface area contributed by atoms with Gasteiger partial charge in [-0.1, -0.05) is 24.3 Å². The summed E-state index contributed by atoms with van der Waals surface area (Å²) in [5, 5.41) is 0. The first kappa shape index (κ1) is 16.6. The van der Waals surface area contributed by atoms with Crippen LogP contribution in [0.4, 0.5) is 0 Å². The van der Waals surface area contributed by atoms with Crippen molar-refractivity contribution >= 4 is 22.1 Å². The third-order valence-corrected chi connectivity index (χ3v) is 5.22. The molecule has 30 heavy (non-hydrogen) atoms. The van der Waals surface area contributed by atoms with Gasteiger partial charge in [0.1, 0.15) is 11.6 Å². The quantitative estimate of drug-likeness (QED) is 0.435. The van der Waals surface area contributed by atoms with Crippen molar-refractivity contribution in [2.75, 3.05) is 0 Å². The maximum absolute atomic E-state index is 4.90. The van der Waals surface area contributed by atoms with Crippen LogP contribution in [0.1, 0.15) is 0 Å². The number of fused-ring (bicyclic) bond motifs is 2. The highest BCUT2D eigenvalue weighted by atomic mass is 14.9.